The molecular formula is C11H16N2O3. The van der Waals surface area contributed by atoms with E-state index in [0.29, 0.717) is 12.3 Å². The molecule has 0 atom stereocenters. The van der Waals surface area contributed by atoms with E-state index in [1.807, 2.05) is 0 Å². The number of nitrogens with zero attached hydrogens (tertiary/aromatic N) is 1. The molecule has 0 aromatic carbocycles. The maximum atomic E-state index is 11.7. The van der Waals surface area contributed by atoms with Gasteiger partial charge < -0.3 is 15.6 Å². The number of ether oxygens (including phenoxy) is 1. The molecule has 3 N–H and O–H groups in total. The molecule has 1 aromatic rings. The lowest BCUT2D eigenvalue weighted by Gasteiger charge is -2.21. The van der Waals surface area contributed by atoms with Crippen LogP contribution in [0.4, 0.5) is 5.69 Å². The minimum absolute atomic E-state index is 0.184. The van der Waals surface area contributed by atoms with Crippen molar-refractivity contribution < 1.29 is 14.6 Å². The number of carbonyl (C=O) groups excluding carboxylic acids is 1. The molecule has 5 nitrogen and oxygen atoms in total. The zero-order valence-electron chi connectivity index (χ0n) is 9.65. The van der Waals surface area contributed by atoms with Crippen LogP contribution in [-0.2, 0) is 14.9 Å². The number of carbonyl (C=O) groups is 1. The summed E-state index contributed by atoms with van der Waals surface area (Å²) < 4.78 is 4.94. The Morgan fingerprint density at radius 1 is 1.56 bits per heavy atom. The first-order valence-corrected chi connectivity index (χ1v) is 5.02. The van der Waals surface area contributed by atoms with E-state index >= 15 is 0 Å². The second-order valence-electron chi connectivity index (χ2n) is 3.95. The minimum Gasteiger partial charge on any atom is -0.492 e. The van der Waals surface area contributed by atoms with E-state index in [1.54, 1.807) is 26.8 Å². The summed E-state index contributed by atoms with van der Waals surface area (Å²) in [6.45, 7) is 5.41. The first-order chi connectivity index (χ1) is 7.39. The predicted molar refractivity (Wildman–Crippen MR) is 60.0 cm³/mol. The van der Waals surface area contributed by atoms with Crippen molar-refractivity contribution in [3.05, 3.63) is 17.8 Å². The van der Waals surface area contributed by atoms with Crippen molar-refractivity contribution >= 4 is 11.7 Å². The average molecular weight is 224 g/mol. The first kappa shape index (κ1) is 12.3. The number of esters is 1. The van der Waals surface area contributed by atoms with Crippen LogP contribution < -0.4 is 5.73 Å². The summed E-state index contributed by atoms with van der Waals surface area (Å²) in [4.78, 5) is 15.6. The van der Waals surface area contributed by atoms with E-state index in [-0.39, 0.29) is 17.5 Å². The lowest BCUT2D eigenvalue weighted by molar-refractivity contribution is -0.148. The lowest BCUT2D eigenvalue weighted by Crippen LogP contribution is -2.32. The fourth-order valence-corrected chi connectivity index (χ4v) is 1.22. The third kappa shape index (κ3) is 2.24. The van der Waals surface area contributed by atoms with Crippen LogP contribution in [0.15, 0.2) is 12.1 Å². The summed E-state index contributed by atoms with van der Waals surface area (Å²) in [5, 5.41) is 9.39. The average Bonchev–Trinajstić information content (AvgIpc) is 2.22. The minimum atomic E-state index is -0.902. The summed E-state index contributed by atoms with van der Waals surface area (Å²) in [5.41, 5.74) is 5.15. The normalized spacial score (nSPS) is 11.2. The Labute approximate surface area is 94.2 Å². The lowest BCUT2D eigenvalue weighted by atomic mass is 9.89. The van der Waals surface area contributed by atoms with E-state index in [2.05, 4.69) is 4.98 Å². The molecule has 0 saturated carbocycles. The van der Waals surface area contributed by atoms with Gasteiger partial charge in [0.05, 0.1) is 18.0 Å². The first-order valence-electron chi connectivity index (χ1n) is 5.02. The van der Waals surface area contributed by atoms with Crippen LogP contribution in [0, 0.1) is 0 Å². The predicted octanol–water partition coefficient (Wildman–Crippen LogP) is 1.21. The Morgan fingerprint density at radius 2 is 2.19 bits per heavy atom. The van der Waals surface area contributed by atoms with Crippen molar-refractivity contribution in [3.8, 4) is 5.88 Å². The van der Waals surface area contributed by atoms with Crippen molar-refractivity contribution in [2.24, 2.45) is 0 Å². The van der Waals surface area contributed by atoms with Crippen LogP contribution in [-0.4, -0.2) is 22.7 Å². The summed E-state index contributed by atoms with van der Waals surface area (Å²) in [7, 11) is 0. The number of hydrogen-bond acceptors (Lipinski definition) is 5. The Balaban J connectivity index is 3.06. The van der Waals surface area contributed by atoms with Crippen LogP contribution in [0.25, 0.3) is 0 Å². The maximum Gasteiger partial charge on any atom is 0.317 e. The van der Waals surface area contributed by atoms with Crippen molar-refractivity contribution in [1.29, 1.82) is 0 Å². The van der Waals surface area contributed by atoms with Gasteiger partial charge in [0.2, 0.25) is 5.88 Å². The Bertz CT molecular complexity index is 402. The molecule has 88 valence electrons. The molecule has 5 heteroatoms. The van der Waals surface area contributed by atoms with Gasteiger partial charge in [0.25, 0.3) is 0 Å². The van der Waals surface area contributed by atoms with Crippen molar-refractivity contribution in [2.45, 2.75) is 26.2 Å². The summed E-state index contributed by atoms with van der Waals surface area (Å²) in [6, 6.07) is 3.12. The van der Waals surface area contributed by atoms with Gasteiger partial charge >= 0.3 is 5.97 Å². The number of anilines is 1. The molecular weight excluding hydrogens is 208 g/mol. The van der Waals surface area contributed by atoms with E-state index < -0.39 is 5.41 Å². The number of nitrogens with two attached hydrogens (primary N) is 1. The Kier molecular flexibility index (Phi) is 3.37. The fraction of sp³-hybridized carbons (Fsp3) is 0.455. The third-order valence-corrected chi connectivity index (χ3v) is 2.33. The number of aromatic nitrogens is 1. The third-order valence-electron chi connectivity index (χ3n) is 2.33. The van der Waals surface area contributed by atoms with Crippen molar-refractivity contribution in [2.75, 3.05) is 12.3 Å². The van der Waals surface area contributed by atoms with Crippen LogP contribution in [0.1, 0.15) is 26.5 Å². The topological polar surface area (TPSA) is 85.4 Å². The Hall–Kier alpha value is -1.78. The maximum absolute atomic E-state index is 11.7. The molecule has 1 rings (SSSR count). The summed E-state index contributed by atoms with van der Waals surface area (Å²) >= 11 is 0. The quantitative estimate of drug-likeness (QED) is 0.754. The molecule has 1 aromatic heterocycles. The number of nitrogen functional groups attached to an aromatic ring is 1. The molecule has 0 aliphatic carbocycles. The monoisotopic (exact) mass is 224 g/mol. The largest absolute Gasteiger partial charge is 0.492 e. The fourth-order valence-electron chi connectivity index (χ4n) is 1.22. The van der Waals surface area contributed by atoms with E-state index in [4.69, 9.17) is 10.5 Å². The summed E-state index contributed by atoms with van der Waals surface area (Å²) in [5.74, 6) is -0.651. The zero-order valence-corrected chi connectivity index (χ0v) is 9.65. The van der Waals surface area contributed by atoms with Gasteiger partial charge in [-0.3, -0.25) is 4.79 Å². The molecule has 0 aliphatic heterocycles. The van der Waals surface area contributed by atoms with Gasteiger partial charge in [0.15, 0.2) is 0 Å². The molecule has 0 bridgehead atoms. The second-order valence-corrected chi connectivity index (χ2v) is 3.95. The van der Waals surface area contributed by atoms with E-state index in [1.165, 1.54) is 6.07 Å². The smallest absolute Gasteiger partial charge is 0.317 e. The Morgan fingerprint density at radius 3 is 2.69 bits per heavy atom. The highest BCUT2D eigenvalue weighted by Crippen LogP contribution is 2.27. The van der Waals surface area contributed by atoms with Crippen molar-refractivity contribution in [3.63, 3.8) is 0 Å². The molecule has 0 spiro atoms. The molecule has 1 heterocycles. The molecule has 0 unspecified atom stereocenters. The highest BCUT2D eigenvalue weighted by Gasteiger charge is 2.33. The number of rotatable bonds is 3. The molecule has 0 radical (unpaired) electrons. The van der Waals surface area contributed by atoms with Gasteiger partial charge in [-0.05, 0) is 32.9 Å². The van der Waals surface area contributed by atoms with Crippen molar-refractivity contribution in [1.82, 2.24) is 4.98 Å². The van der Waals surface area contributed by atoms with E-state index in [9.17, 15) is 9.90 Å². The van der Waals surface area contributed by atoms with Gasteiger partial charge in [-0.2, -0.15) is 0 Å². The van der Waals surface area contributed by atoms with Crippen LogP contribution in [0.5, 0.6) is 5.88 Å². The number of aromatic hydroxyl groups is 1. The van der Waals surface area contributed by atoms with Gasteiger partial charge in [0.1, 0.15) is 5.41 Å². The highest BCUT2D eigenvalue weighted by atomic mass is 16.5. The second kappa shape index (κ2) is 4.38. The van der Waals surface area contributed by atoms with Gasteiger partial charge in [-0.1, -0.05) is 0 Å². The van der Waals surface area contributed by atoms with Crippen LogP contribution >= 0.6 is 0 Å². The molecule has 0 aliphatic rings. The van der Waals surface area contributed by atoms with Crippen LogP contribution in [0.2, 0.25) is 0 Å². The van der Waals surface area contributed by atoms with Crippen LogP contribution in [0.3, 0.4) is 0 Å². The number of pyridine rings is 1. The highest BCUT2D eigenvalue weighted by molar-refractivity contribution is 5.81. The standard InChI is InChI=1S/C11H16N2O3/c1-4-16-10(15)11(2,3)8-6-5-7(12)9(14)13-8/h5-6H,4,12H2,1-3H3,(H,13,14). The molecule has 0 amide bonds. The molecule has 0 saturated heterocycles. The SMILES string of the molecule is CCOC(=O)C(C)(C)c1ccc(N)c(O)n1. The van der Waals surface area contributed by atoms with Gasteiger partial charge in [-0.15, -0.1) is 0 Å². The van der Waals surface area contributed by atoms with E-state index in [0.717, 1.165) is 0 Å². The van der Waals surface area contributed by atoms with Gasteiger partial charge in [0, 0.05) is 0 Å². The number of hydrogen-bond donors (Lipinski definition) is 2. The molecule has 0 fully saturated rings. The van der Waals surface area contributed by atoms with Gasteiger partial charge in [-0.25, -0.2) is 4.98 Å². The zero-order chi connectivity index (χ0) is 12.3. The summed E-state index contributed by atoms with van der Waals surface area (Å²) in [6.07, 6.45) is 0. The molecule has 16 heavy (non-hydrogen) atoms.